The van der Waals surface area contributed by atoms with Crippen LogP contribution in [0.5, 0.6) is 0 Å². The van der Waals surface area contributed by atoms with Gasteiger partial charge in [-0.1, -0.05) is 36.8 Å². The number of nitrogens with one attached hydrogen (secondary N) is 1. The lowest BCUT2D eigenvalue weighted by atomic mass is 9.86. The number of ether oxygens (including phenoxy) is 1. The molecule has 1 saturated heterocycles. The molecular formula is C17H23NO3. The van der Waals surface area contributed by atoms with Crippen molar-refractivity contribution < 1.29 is 14.3 Å². The summed E-state index contributed by atoms with van der Waals surface area (Å²) in [6.07, 6.45) is 0.955. The molecule has 2 rings (SSSR count). The summed E-state index contributed by atoms with van der Waals surface area (Å²) in [5, 5.41) is 3.32. The van der Waals surface area contributed by atoms with Crippen molar-refractivity contribution in [2.24, 2.45) is 5.92 Å². The molecule has 4 nitrogen and oxygen atoms in total. The first kappa shape index (κ1) is 15.7. The number of methoxy groups -OCH3 is 1. The summed E-state index contributed by atoms with van der Waals surface area (Å²) in [7, 11) is 1.38. The van der Waals surface area contributed by atoms with Crippen LogP contribution in [0.1, 0.15) is 43.9 Å². The molecule has 0 aliphatic carbocycles. The van der Waals surface area contributed by atoms with Crippen LogP contribution in [0.4, 0.5) is 0 Å². The predicted molar refractivity (Wildman–Crippen MR) is 80.9 cm³/mol. The fourth-order valence-electron chi connectivity index (χ4n) is 3.08. The molecular weight excluding hydrogens is 266 g/mol. The lowest BCUT2D eigenvalue weighted by molar-refractivity contribution is -0.147. The van der Waals surface area contributed by atoms with Gasteiger partial charge in [0.2, 0.25) is 0 Å². The highest BCUT2D eigenvalue weighted by Gasteiger charge is 2.49. The third kappa shape index (κ3) is 3.00. The fourth-order valence-corrected chi connectivity index (χ4v) is 3.08. The van der Waals surface area contributed by atoms with E-state index < -0.39 is 5.54 Å². The van der Waals surface area contributed by atoms with E-state index in [1.165, 1.54) is 12.7 Å². The maximum Gasteiger partial charge on any atom is 0.325 e. The molecule has 1 fully saturated rings. The van der Waals surface area contributed by atoms with E-state index in [4.69, 9.17) is 4.74 Å². The average Bonchev–Trinajstić information content (AvgIpc) is 2.85. The Labute approximate surface area is 125 Å². The Bertz CT molecular complexity index is 537. The van der Waals surface area contributed by atoms with E-state index in [0.29, 0.717) is 12.8 Å². The SMILES string of the molecule is CCC(=O)[C@@H]1C[C@](C)(C(=O)OC)N[C@@H]1c1ccc(C)cc1. The number of hydrogen-bond acceptors (Lipinski definition) is 4. The number of rotatable bonds is 4. The van der Waals surface area contributed by atoms with E-state index in [1.807, 2.05) is 45.0 Å². The van der Waals surface area contributed by atoms with E-state index in [2.05, 4.69) is 5.32 Å². The summed E-state index contributed by atoms with van der Waals surface area (Å²) in [5.41, 5.74) is 1.41. The van der Waals surface area contributed by atoms with Crippen LogP contribution in [0.25, 0.3) is 0 Å². The molecule has 21 heavy (non-hydrogen) atoms. The summed E-state index contributed by atoms with van der Waals surface area (Å²) < 4.78 is 4.89. The Balaban J connectivity index is 2.34. The van der Waals surface area contributed by atoms with Crippen molar-refractivity contribution in [2.75, 3.05) is 7.11 Å². The average molecular weight is 289 g/mol. The second kappa shape index (κ2) is 5.98. The van der Waals surface area contributed by atoms with E-state index >= 15 is 0 Å². The fraction of sp³-hybridized carbons (Fsp3) is 0.529. The molecule has 1 aliphatic heterocycles. The van der Waals surface area contributed by atoms with Crippen LogP contribution in [0.15, 0.2) is 24.3 Å². The molecule has 3 atom stereocenters. The van der Waals surface area contributed by atoms with Crippen LogP contribution < -0.4 is 5.32 Å². The van der Waals surface area contributed by atoms with Gasteiger partial charge in [-0.25, -0.2) is 0 Å². The molecule has 1 aromatic carbocycles. The molecule has 114 valence electrons. The molecule has 1 aliphatic rings. The second-order valence-corrected chi connectivity index (χ2v) is 5.99. The highest BCUT2D eigenvalue weighted by Crippen LogP contribution is 2.39. The van der Waals surface area contributed by atoms with Crippen molar-refractivity contribution in [1.82, 2.24) is 5.32 Å². The molecule has 0 amide bonds. The minimum atomic E-state index is -0.806. The third-order valence-electron chi connectivity index (χ3n) is 4.34. The van der Waals surface area contributed by atoms with Gasteiger partial charge >= 0.3 is 5.97 Å². The number of benzene rings is 1. The van der Waals surface area contributed by atoms with E-state index in [9.17, 15) is 9.59 Å². The number of esters is 1. The Hall–Kier alpha value is -1.68. The van der Waals surface area contributed by atoms with Crippen LogP contribution in [-0.2, 0) is 14.3 Å². The third-order valence-corrected chi connectivity index (χ3v) is 4.34. The topological polar surface area (TPSA) is 55.4 Å². The first-order valence-electron chi connectivity index (χ1n) is 7.36. The Kier molecular flexibility index (Phi) is 4.47. The number of Topliss-reactive ketones (excluding diaryl/α,β-unsaturated/α-hetero) is 1. The predicted octanol–water partition coefficient (Wildman–Crippen LogP) is 2.56. The van der Waals surface area contributed by atoms with Gasteiger partial charge < -0.3 is 4.74 Å². The summed E-state index contributed by atoms with van der Waals surface area (Å²) >= 11 is 0. The molecule has 4 heteroatoms. The van der Waals surface area contributed by atoms with Crippen LogP contribution in [0, 0.1) is 12.8 Å². The summed E-state index contributed by atoms with van der Waals surface area (Å²) in [5.74, 6) is -0.325. The highest BCUT2D eigenvalue weighted by molar-refractivity contribution is 5.87. The van der Waals surface area contributed by atoms with E-state index in [-0.39, 0.29) is 23.7 Å². The van der Waals surface area contributed by atoms with Crippen molar-refractivity contribution in [3.63, 3.8) is 0 Å². The van der Waals surface area contributed by atoms with Gasteiger partial charge in [-0.05, 0) is 25.8 Å². The molecule has 0 aromatic heterocycles. The van der Waals surface area contributed by atoms with Gasteiger partial charge in [0.05, 0.1) is 7.11 Å². The summed E-state index contributed by atoms with van der Waals surface area (Å²) in [4.78, 5) is 24.3. The Morgan fingerprint density at radius 2 is 1.95 bits per heavy atom. The van der Waals surface area contributed by atoms with Crippen LogP contribution in [0.2, 0.25) is 0 Å². The van der Waals surface area contributed by atoms with Crippen molar-refractivity contribution in [2.45, 2.75) is 45.2 Å². The zero-order valence-electron chi connectivity index (χ0n) is 13.1. The Morgan fingerprint density at radius 1 is 1.33 bits per heavy atom. The molecule has 1 aromatic rings. The van der Waals surface area contributed by atoms with Crippen molar-refractivity contribution in [3.05, 3.63) is 35.4 Å². The molecule has 0 bridgehead atoms. The number of carbonyl (C=O) groups excluding carboxylic acids is 2. The quantitative estimate of drug-likeness (QED) is 0.866. The smallest absolute Gasteiger partial charge is 0.325 e. The lowest BCUT2D eigenvalue weighted by Crippen LogP contribution is -2.45. The van der Waals surface area contributed by atoms with Gasteiger partial charge in [0.1, 0.15) is 11.3 Å². The first-order valence-corrected chi connectivity index (χ1v) is 7.36. The second-order valence-electron chi connectivity index (χ2n) is 5.99. The van der Waals surface area contributed by atoms with Gasteiger partial charge in [0.25, 0.3) is 0 Å². The maximum absolute atomic E-state index is 12.3. The monoisotopic (exact) mass is 289 g/mol. The minimum Gasteiger partial charge on any atom is -0.468 e. The zero-order valence-corrected chi connectivity index (χ0v) is 13.1. The minimum absolute atomic E-state index is 0.137. The highest BCUT2D eigenvalue weighted by atomic mass is 16.5. The summed E-state index contributed by atoms with van der Waals surface area (Å²) in [6, 6.07) is 7.95. The van der Waals surface area contributed by atoms with Crippen LogP contribution in [-0.4, -0.2) is 24.4 Å². The van der Waals surface area contributed by atoms with Crippen molar-refractivity contribution in [3.8, 4) is 0 Å². The van der Waals surface area contributed by atoms with Gasteiger partial charge in [-0.2, -0.15) is 0 Å². The van der Waals surface area contributed by atoms with Gasteiger partial charge in [-0.15, -0.1) is 0 Å². The number of carbonyl (C=O) groups is 2. The normalized spacial score (nSPS) is 28.4. The summed E-state index contributed by atoms with van der Waals surface area (Å²) in [6.45, 7) is 5.70. The van der Waals surface area contributed by atoms with Crippen molar-refractivity contribution >= 4 is 11.8 Å². The molecule has 1 heterocycles. The standard InChI is InChI=1S/C17H23NO3/c1-5-14(19)13-10-17(3,16(20)21-4)18-15(13)12-8-6-11(2)7-9-12/h6-9,13,15,18H,5,10H2,1-4H3/t13-,15+,17+/m0/s1. The van der Waals surface area contributed by atoms with E-state index in [0.717, 1.165) is 5.56 Å². The lowest BCUT2D eigenvalue weighted by Gasteiger charge is -2.22. The number of hydrogen-bond donors (Lipinski definition) is 1. The van der Waals surface area contributed by atoms with Crippen LogP contribution in [0.3, 0.4) is 0 Å². The molecule has 0 unspecified atom stereocenters. The van der Waals surface area contributed by atoms with Gasteiger partial charge in [0.15, 0.2) is 0 Å². The number of aryl methyl sites for hydroxylation is 1. The van der Waals surface area contributed by atoms with Crippen molar-refractivity contribution in [1.29, 1.82) is 0 Å². The van der Waals surface area contributed by atoms with E-state index in [1.54, 1.807) is 0 Å². The Morgan fingerprint density at radius 3 is 2.48 bits per heavy atom. The molecule has 0 spiro atoms. The zero-order chi connectivity index (χ0) is 15.6. The van der Waals surface area contributed by atoms with Gasteiger partial charge in [0, 0.05) is 18.4 Å². The molecule has 1 N–H and O–H groups in total. The van der Waals surface area contributed by atoms with Gasteiger partial charge in [-0.3, -0.25) is 14.9 Å². The largest absolute Gasteiger partial charge is 0.468 e. The first-order chi connectivity index (χ1) is 9.91. The maximum atomic E-state index is 12.3. The molecule has 0 saturated carbocycles. The number of ketones is 1. The van der Waals surface area contributed by atoms with Crippen LogP contribution >= 0.6 is 0 Å². The molecule has 0 radical (unpaired) electrons.